The van der Waals surface area contributed by atoms with E-state index in [9.17, 15) is 4.79 Å². The highest BCUT2D eigenvalue weighted by Crippen LogP contribution is 2.37. The molecule has 0 heterocycles. The third-order valence-corrected chi connectivity index (χ3v) is 4.44. The lowest BCUT2D eigenvalue weighted by Gasteiger charge is -2.09. The van der Waals surface area contributed by atoms with Gasteiger partial charge in [-0.3, -0.25) is 4.79 Å². The summed E-state index contributed by atoms with van der Waals surface area (Å²) in [6, 6.07) is 9.11. The molecule has 5 heteroatoms. The van der Waals surface area contributed by atoms with Crippen molar-refractivity contribution in [2.24, 2.45) is 0 Å². The minimum absolute atomic E-state index is 0.0984. The van der Waals surface area contributed by atoms with Gasteiger partial charge in [0, 0.05) is 6.42 Å². The molecule has 0 amide bonds. The van der Waals surface area contributed by atoms with Crippen molar-refractivity contribution < 1.29 is 4.79 Å². The number of aryl methyl sites for hydroxylation is 1. The fourth-order valence-electron chi connectivity index (χ4n) is 1.80. The summed E-state index contributed by atoms with van der Waals surface area (Å²) in [5.74, 6) is -0.192. The SMILES string of the molecule is Cc1ccc(CC(=O)c2c(Cl)cc(Cl)c(Cl)c2Cl)cc1. The van der Waals surface area contributed by atoms with E-state index in [-0.39, 0.29) is 37.9 Å². The van der Waals surface area contributed by atoms with Gasteiger partial charge in [0.1, 0.15) is 0 Å². The van der Waals surface area contributed by atoms with Gasteiger partial charge < -0.3 is 0 Å². The van der Waals surface area contributed by atoms with Gasteiger partial charge >= 0.3 is 0 Å². The van der Waals surface area contributed by atoms with E-state index in [0.717, 1.165) is 11.1 Å². The zero-order valence-corrected chi connectivity index (χ0v) is 13.5. The fraction of sp³-hybridized carbons (Fsp3) is 0.133. The number of Topliss-reactive ketones (excluding diaryl/α,β-unsaturated/α-hetero) is 1. The van der Waals surface area contributed by atoms with E-state index in [2.05, 4.69) is 0 Å². The maximum Gasteiger partial charge on any atom is 0.170 e. The highest BCUT2D eigenvalue weighted by atomic mass is 35.5. The number of benzene rings is 2. The van der Waals surface area contributed by atoms with Crippen LogP contribution in [0.15, 0.2) is 30.3 Å². The number of carbonyl (C=O) groups is 1. The maximum absolute atomic E-state index is 12.3. The molecule has 1 nitrogen and oxygen atoms in total. The molecule has 0 N–H and O–H groups in total. The fourth-order valence-corrected chi connectivity index (χ4v) is 2.92. The van der Waals surface area contributed by atoms with E-state index in [4.69, 9.17) is 46.4 Å². The van der Waals surface area contributed by atoms with Crippen LogP contribution in [0.3, 0.4) is 0 Å². The number of hydrogen-bond donors (Lipinski definition) is 0. The summed E-state index contributed by atoms with van der Waals surface area (Å²) in [7, 11) is 0. The Hall–Kier alpha value is -0.730. The first-order valence-corrected chi connectivity index (χ1v) is 7.33. The second-order valence-electron chi connectivity index (χ2n) is 4.43. The topological polar surface area (TPSA) is 17.1 Å². The lowest BCUT2D eigenvalue weighted by atomic mass is 10.0. The molecule has 20 heavy (non-hydrogen) atoms. The molecule has 0 saturated heterocycles. The second kappa shape index (κ2) is 6.36. The first kappa shape index (κ1) is 15.7. The van der Waals surface area contributed by atoms with E-state index in [0.29, 0.717) is 0 Å². The monoisotopic (exact) mass is 346 g/mol. The summed E-state index contributed by atoms with van der Waals surface area (Å²) in [6.45, 7) is 1.98. The summed E-state index contributed by atoms with van der Waals surface area (Å²) in [5.41, 5.74) is 2.23. The van der Waals surface area contributed by atoms with Gasteiger partial charge in [0.05, 0.1) is 25.7 Å². The predicted octanol–water partition coefficient (Wildman–Crippen LogP) is 6.03. The molecular weight excluding hydrogens is 338 g/mol. The van der Waals surface area contributed by atoms with E-state index < -0.39 is 0 Å². The molecule has 2 aromatic rings. The smallest absolute Gasteiger partial charge is 0.170 e. The second-order valence-corrected chi connectivity index (χ2v) is 6.00. The minimum Gasteiger partial charge on any atom is -0.294 e. The number of hydrogen-bond acceptors (Lipinski definition) is 1. The number of rotatable bonds is 3. The summed E-state index contributed by atoms with van der Waals surface area (Å²) in [6.07, 6.45) is 0.206. The van der Waals surface area contributed by atoms with Crippen LogP contribution in [0, 0.1) is 6.92 Å². The molecule has 0 aromatic heterocycles. The quantitative estimate of drug-likeness (QED) is 0.376. The van der Waals surface area contributed by atoms with Crippen molar-refractivity contribution in [1.29, 1.82) is 0 Å². The Morgan fingerprint density at radius 3 is 2.15 bits per heavy atom. The minimum atomic E-state index is -0.192. The molecular formula is C15H10Cl4O. The Bertz CT molecular complexity index is 663. The van der Waals surface area contributed by atoms with Gasteiger partial charge in [0.2, 0.25) is 0 Å². The highest BCUT2D eigenvalue weighted by molar-refractivity contribution is 6.51. The molecule has 0 spiro atoms. The van der Waals surface area contributed by atoms with Crippen molar-refractivity contribution in [3.63, 3.8) is 0 Å². The van der Waals surface area contributed by atoms with Crippen LogP contribution < -0.4 is 0 Å². The predicted molar refractivity (Wildman–Crippen MR) is 85.7 cm³/mol. The van der Waals surface area contributed by atoms with E-state index in [1.54, 1.807) is 0 Å². The van der Waals surface area contributed by atoms with Gasteiger partial charge in [-0.25, -0.2) is 0 Å². The van der Waals surface area contributed by atoms with Gasteiger partial charge in [0.25, 0.3) is 0 Å². The van der Waals surface area contributed by atoms with Crippen LogP contribution in [0.2, 0.25) is 20.1 Å². The lowest BCUT2D eigenvalue weighted by Crippen LogP contribution is -2.06. The molecule has 0 saturated carbocycles. The molecule has 0 radical (unpaired) electrons. The first-order chi connectivity index (χ1) is 9.40. The third kappa shape index (κ3) is 3.29. The normalized spacial score (nSPS) is 10.7. The average Bonchev–Trinajstić information content (AvgIpc) is 2.39. The van der Waals surface area contributed by atoms with Crippen LogP contribution in [0.4, 0.5) is 0 Å². The largest absolute Gasteiger partial charge is 0.294 e. The van der Waals surface area contributed by atoms with Crippen LogP contribution in [-0.2, 0) is 6.42 Å². The van der Waals surface area contributed by atoms with Crippen molar-refractivity contribution in [2.45, 2.75) is 13.3 Å². The van der Waals surface area contributed by atoms with Crippen LogP contribution >= 0.6 is 46.4 Å². The van der Waals surface area contributed by atoms with Crippen LogP contribution in [0.1, 0.15) is 21.5 Å². The molecule has 2 aromatic carbocycles. The Morgan fingerprint density at radius 1 is 0.950 bits per heavy atom. The summed E-state index contributed by atoms with van der Waals surface area (Å²) in [4.78, 5) is 12.3. The third-order valence-electron chi connectivity index (χ3n) is 2.88. The van der Waals surface area contributed by atoms with Crippen molar-refractivity contribution in [1.82, 2.24) is 0 Å². The Labute approximate surface area is 137 Å². The molecule has 0 bridgehead atoms. The van der Waals surface area contributed by atoms with Crippen molar-refractivity contribution in [3.8, 4) is 0 Å². The van der Waals surface area contributed by atoms with Crippen molar-refractivity contribution in [3.05, 3.63) is 67.1 Å². The van der Waals surface area contributed by atoms with E-state index in [1.807, 2.05) is 31.2 Å². The Kier molecular flexibility index (Phi) is 4.98. The van der Waals surface area contributed by atoms with E-state index in [1.165, 1.54) is 6.07 Å². The van der Waals surface area contributed by atoms with E-state index >= 15 is 0 Å². The van der Waals surface area contributed by atoms with Gasteiger partial charge in [-0.2, -0.15) is 0 Å². The average molecular weight is 348 g/mol. The Morgan fingerprint density at radius 2 is 1.55 bits per heavy atom. The molecule has 0 atom stereocenters. The molecule has 0 fully saturated rings. The molecule has 2 rings (SSSR count). The number of ketones is 1. The number of halogens is 4. The van der Waals surface area contributed by atoms with Gasteiger partial charge in [-0.05, 0) is 18.6 Å². The zero-order chi connectivity index (χ0) is 14.9. The summed E-state index contributed by atoms with van der Waals surface area (Å²) >= 11 is 23.9. The maximum atomic E-state index is 12.3. The lowest BCUT2D eigenvalue weighted by molar-refractivity contribution is 0.0993. The van der Waals surface area contributed by atoms with Gasteiger partial charge in [0.15, 0.2) is 5.78 Å². The molecule has 0 unspecified atom stereocenters. The van der Waals surface area contributed by atoms with Crippen molar-refractivity contribution >= 4 is 52.2 Å². The highest BCUT2D eigenvalue weighted by Gasteiger charge is 2.20. The van der Waals surface area contributed by atoms with Crippen LogP contribution in [0.25, 0.3) is 0 Å². The molecule has 0 aliphatic rings. The molecule has 0 aliphatic carbocycles. The molecule has 104 valence electrons. The first-order valence-electron chi connectivity index (χ1n) is 5.82. The summed E-state index contributed by atoms with van der Waals surface area (Å²) < 4.78 is 0. The van der Waals surface area contributed by atoms with Gasteiger partial charge in [-0.15, -0.1) is 0 Å². The summed E-state index contributed by atoms with van der Waals surface area (Å²) in [5, 5.41) is 0.682. The standard InChI is InChI=1S/C15H10Cl4O/c1-8-2-4-9(5-3-8)6-12(20)13-10(16)7-11(17)14(18)15(13)19/h2-5,7H,6H2,1H3. The zero-order valence-electron chi connectivity index (χ0n) is 10.5. The molecule has 0 aliphatic heterocycles. The number of carbonyl (C=O) groups excluding carboxylic acids is 1. The van der Waals surface area contributed by atoms with Crippen molar-refractivity contribution in [2.75, 3.05) is 0 Å². The van der Waals surface area contributed by atoms with Crippen LogP contribution in [-0.4, -0.2) is 5.78 Å². The Balaban J connectivity index is 2.34. The van der Waals surface area contributed by atoms with Crippen LogP contribution in [0.5, 0.6) is 0 Å². The van der Waals surface area contributed by atoms with Gasteiger partial charge in [-0.1, -0.05) is 76.2 Å².